The Morgan fingerprint density at radius 1 is 1.12 bits per heavy atom. The third-order valence-electron chi connectivity index (χ3n) is 5.07. The highest BCUT2D eigenvalue weighted by Crippen LogP contribution is 2.23. The molecule has 6 nitrogen and oxygen atoms in total. The molecule has 0 radical (unpaired) electrons. The van der Waals surface area contributed by atoms with Gasteiger partial charge in [-0.05, 0) is 37.7 Å². The Morgan fingerprint density at radius 2 is 1.88 bits per heavy atom. The second-order valence-electron chi connectivity index (χ2n) is 6.85. The fraction of sp³-hybridized carbons (Fsp3) is 0.556. The van der Waals surface area contributed by atoms with E-state index in [9.17, 15) is 9.59 Å². The predicted octanol–water partition coefficient (Wildman–Crippen LogP) is 0.0627. The molecule has 2 aliphatic heterocycles. The van der Waals surface area contributed by atoms with Gasteiger partial charge in [0.2, 0.25) is 11.8 Å². The van der Waals surface area contributed by atoms with Crippen molar-refractivity contribution in [2.45, 2.75) is 25.4 Å². The molecule has 130 valence electrons. The van der Waals surface area contributed by atoms with Crippen molar-refractivity contribution in [3.05, 3.63) is 35.4 Å². The van der Waals surface area contributed by atoms with Crippen molar-refractivity contribution in [1.82, 2.24) is 14.7 Å². The van der Waals surface area contributed by atoms with E-state index in [0.29, 0.717) is 19.5 Å². The molecule has 2 N–H and O–H groups in total. The Labute approximate surface area is 143 Å². The number of carbonyl (C=O) groups excluding carboxylic acids is 2. The van der Waals surface area contributed by atoms with Crippen molar-refractivity contribution in [2.24, 2.45) is 5.73 Å². The SMILES string of the molecule is CN1CCCN(CC(=O)N2Cc3ccccc3C[C@H]2C(N)=O)CC1. The molecule has 1 aromatic rings. The maximum absolute atomic E-state index is 12.8. The van der Waals surface area contributed by atoms with Gasteiger partial charge >= 0.3 is 0 Å². The highest BCUT2D eigenvalue weighted by molar-refractivity contribution is 5.88. The molecule has 2 heterocycles. The van der Waals surface area contributed by atoms with Crippen LogP contribution in [0.25, 0.3) is 0 Å². The molecule has 0 bridgehead atoms. The summed E-state index contributed by atoms with van der Waals surface area (Å²) < 4.78 is 0. The van der Waals surface area contributed by atoms with E-state index in [1.165, 1.54) is 0 Å². The van der Waals surface area contributed by atoms with Crippen molar-refractivity contribution in [1.29, 1.82) is 0 Å². The van der Waals surface area contributed by atoms with E-state index in [1.807, 2.05) is 24.3 Å². The highest BCUT2D eigenvalue weighted by atomic mass is 16.2. The summed E-state index contributed by atoms with van der Waals surface area (Å²) in [6, 6.07) is 7.42. The van der Waals surface area contributed by atoms with Crippen LogP contribution in [0.3, 0.4) is 0 Å². The van der Waals surface area contributed by atoms with Gasteiger partial charge in [0.15, 0.2) is 0 Å². The van der Waals surface area contributed by atoms with Gasteiger partial charge < -0.3 is 15.5 Å². The molecule has 24 heavy (non-hydrogen) atoms. The smallest absolute Gasteiger partial charge is 0.240 e. The van der Waals surface area contributed by atoms with Crippen LogP contribution in [0.15, 0.2) is 24.3 Å². The number of carbonyl (C=O) groups is 2. The minimum absolute atomic E-state index is 0.00199. The van der Waals surface area contributed by atoms with Crippen LogP contribution in [-0.4, -0.2) is 72.3 Å². The molecular weight excluding hydrogens is 304 g/mol. The van der Waals surface area contributed by atoms with E-state index in [0.717, 1.165) is 43.7 Å². The lowest BCUT2D eigenvalue weighted by Crippen LogP contribution is -2.53. The van der Waals surface area contributed by atoms with E-state index in [-0.39, 0.29) is 5.91 Å². The molecule has 0 aromatic heterocycles. The molecule has 6 heteroatoms. The maximum Gasteiger partial charge on any atom is 0.240 e. The van der Waals surface area contributed by atoms with Crippen molar-refractivity contribution < 1.29 is 9.59 Å². The molecule has 0 saturated carbocycles. The summed E-state index contributed by atoms with van der Waals surface area (Å²) in [6.45, 7) is 4.66. The Kier molecular flexibility index (Phi) is 5.16. The number of primary amides is 1. The van der Waals surface area contributed by atoms with Gasteiger partial charge in [0.05, 0.1) is 6.54 Å². The zero-order chi connectivity index (χ0) is 17.1. The zero-order valence-electron chi connectivity index (χ0n) is 14.3. The zero-order valence-corrected chi connectivity index (χ0v) is 14.3. The number of rotatable bonds is 3. The van der Waals surface area contributed by atoms with Gasteiger partial charge in [0, 0.05) is 26.1 Å². The van der Waals surface area contributed by atoms with Crippen LogP contribution >= 0.6 is 0 Å². The summed E-state index contributed by atoms with van der Waals surface area (Å²) in [4.78, 5) is 30.9. The molecule has 1 atom stereocenters. The number of fused-ring (bicyclic) bond motifs is 1. The van der Waals surface area contributed by atoms with E-state index in [2.05, 4.69) is 16.8 Å². The first-order valence-electron chi connectivity index (χ1n) is 8.61. The summed E-state index contributed by atoms with van der Waals surface area (Å²) >= 11 is 0. The number of nitrogens with two attached hydrogens (primary N) is 1. The molecular formula is C18H26N4O2. The van der Waals surface area contributed by atoms with Crippen LogP contribution in [0.2, 0.25) is 0 Å². The van der Waals surface area contributed by atoms with Crippen molar-refractivity contribution in [3.63, 3.8) is 0 Å². The summed E-state index contributed by atoms with van der Waals surface area (Å²) in [5.74, 6) is -0.425. The van der Waals surface area contributed by atoms with Crippen molar-refractivity contribution >= 4 is 11.8 Å². The van der Waals surface area contributed by atoms with Gasteiger partial charge in [-0.1, -0.05) is 24.3 Å². The summed E-state index contributed by atoms with van der Waals surface area (Å²) in [6.07, 6.45) is 1.58. The first kappa shape index (κ1) is 16.9. The average molecular weight is 330 g/mol. The Bertz CT molecular complexity index is 619. The maximum atomic E-state index is 12.8. The fourth-order valence-electron chi connectivity index (χ4n) is 3.58. The standard InChI is InChI=1S/C18H26N4O2/c1-20-7-4-8-21(10-9-20)13-17(23)22-12-15-6-3-2-5-14(15)11-16(22)18(19)24/h2-3,5-6,16H,4,7-13H2,1H3,(H2,19,24)/t16-/m0/s1. The van der Waals surface area contributed by atoms with Crippen LogP contribution in [0.4, 0.5) is 0 Å². The third kappa shape index (κ3) is 3.76. The highest BCUT2D eigenvalue weighted by Gasteiger charge is 2.33. The van der Waals surface area contributed by atoms with Crippen LogP contribution in [0.1, 0.15) is 17.5 Å². The lowest BCUT2D eigenvalue weighted by molar-refractivity contribution is -0.141. The van der Waals surface area contributed by atoms with Crippen molar-refractivity contribution in [3.8, 4) is 0 Å². The van der Waals surface area contributed by atoms with Gasteiger partial charge in [-0.15, -0.1) is 0 Å². The molecule has 2 aliphatic rings. The Balaban J connectivity index is 1.71. The molecule has 1 aromatic carbocycles. The molecule has 3 rings (SSSR count). The molecule has 2 amide bonds. The fourth-order valence-corrected chi connectivity index (χ4v) is 3.58. The number of likely N-dealkylation sites (N-methyl/N-ethyl adjacent to an activating group) is 1. The predicted molar refractivity (Wildman–Crippen MR) is 92.2 cm³/mol. The monoisotopic (exact) mass is 330 g/mol. The molecule has 1 saturated heterocycles. The average Bonchev–Trinajstić information content (AvgIpc) is 2.78. The minimum Gasteiger partial charge on any atom is -0.368 e. The van der Waals surface area contributed by atoms with Gasteiger partial charge in [-0.25, -0.2) is 0 Å². The van der Waals surface area contributed by atoms with E-state index in [1.54, 1.807) is 4.90 Å². The van der Waals surface area contributed by atoms with Gasteiger partial charge in [-0.3, -0.25) is 14.5 Å². The molecule has 0 unspecified atom stereocenters. The number of amides is 2. The topological polar surface area (TPSA) is 69.9 Å². The van der Waals surface area contributed by atoms with Crippen LogP contribution in [0, 0.1) is 0 Å². The number of hydrogen-bond acceptors (Lipinski definition) is 4. The molecule has 1 fully saturated rings. The lowest BCUT2D eigenvalue weighted by Gasteiger charge is -2.36. The summed E-state index contributed by atoms with van der Waals surface area (Å²) in [5, 5.41) is 0. The van der Waals surface area contributed by atoms with Crippen LogP contribution in [0.5, 0.6) is 0 Å². The van der Waals surface area contributed by atoms with Crippen LogP contribution < -0.4 is 5.73 Å². The first-order valence-corrected chi connectivity index (χ1v) is 8.61. The van der Waals surface area contributed by atoms with Crippen LogP contribution in [-0.2, 0) is 22.6 Å². The Morgan fingerprint density at radius 3 is 2.62 bits per heavy atom. The van der Waals surface area contributed by atoms with E-state index in [4.69, 9.17) is 5.73 Å². The summed E-state index contributed by atoms with van der Waals surface area (Å²) in [5.41, 5.74) is 7.80. The number of hydrogen-bond donors (Lipinski definition) is 1. The largest absolute Gasteiger partial charge is 0.368 e. The first-order chi connectivity index (χ1) is 11.5. The van der Waals surface area contributed by atoms with Gasteiger partial charge in [0.1, 0.15) is 6.04 Å². The normalized spacial score (nSPS) is 22.7. The van der Waals surface area contributed by atoms with E-state index >= 15 is 0 Å². The van der Waals surface area contributed by atoms with Gasteiger partial charge in [0.25, 0.3) is 0 Å². The van der Waals surface area contributed by atoms with E-state index < -0.39 is 11.9 Å². The lowest BCUT2D eigenvalue weighted by atomic mass is 9.93. The summed E-state index contributed by atoms with van der Waals surface area (Å²) in [7, 11) is 2.11. The van der Waals surface area contributed by atoms with Gasteiger partial charge in [-0.2, -0.15) is 0 Å². The number of nitrogens with zero attached hydrogens (tertiary/aromatic N) is 3. The van der Waals surface area contributed by atoms with Crippen molar-refractivity contribution in [2.75, 3.05) is 39.8 Å². The number of benzene rings is 1. The minimum atomic E-state index is -0.540. The molecule has 0 spiro atoms. The second-order valence-corrected chi connectivity index (χ2v) is 6.85. The Hall–Kier alpha value is -1.92. The second kappa shape index (κ2) is 7.32. The molecule has 0 aliphatic carbocycles. The third-order valence-corrected chi connectivity index (χ3v) is 5.07. The quantitative estimate of drug-likeness (QED) is 0.851.